The van der Waals surface area contributed by atoms with E-state index in [1.807, 2.05) is 6.07 Å². The molecule has 130 valence electrons. The fourth-order valence-corrected chi connectivity index (χ4v) is 2.88. The van der Waals surface area contributed by atoms with Crippen molar-refractivity contribution in [2.24, 2.45) is 0 Å². The molecule has 2 aromatic rings. The van der Waals surface area contributed by atoms with E-state index in [2.05, 4.69) is 0 Å². The predicted octanol–water partition coefficient (Wildman–Crippen LogP) is 4.95. The molecule has 2 rings (SSSR count). The second-order valence-electron chi connectivity index (χ2n) is 4.96. The average molecular weight is 389 g/mol. The zero-order chi connectivity index (χ0) is 18.8. The lowest BCUT2D eigenvalue weighted by molar-refractivity contribution is -0.137. The largest absolute Gasteiger partial charge is 0.547 e. The van der Waals surface area contributed by atoms with Crippen molar-refractivity contribution in [1.29, 1.82) is 5.26 Å². The number of hydrogen-bond donors (Lipinski definition) is 1. The molecular formula is C16H11ClF3NO3P+. The molecular weight excluding hydrogens is 378 g/mol. The Balaban J connectivity index is 2.48. The summed E-state index contributed by atoms with van der Waals surface area (Å²) < 4.78 is 55.0. The topological polar surface area (TPSA) is 70.3 Å². The molecule has 9 heteroatoms. The lowest BCUT2D eigenvalue weighted by atomic mass is 10.1. The van der Waals surface area contributed by atoms with Gasteiger partial charge in [-0.25, -0.2) is 0 Å². The van der Waals surface area contributed by atoms with Gasteiger partial charge >= 0.3 is 14.2 Å². The van der Waals surface area contributed by atoms with Crippen LogP contribution >= 0.6 is 19.6 Å². The first-order valence-corrected chi connectivity index (χ1v) is 8.54. The number of alkyl halides is 3. The van der Waals surface area contributed by atoms with Crippen LogP contribution in [-0.4, -0.2) is 4.89 Å². The molecule has 0 aliphatic rings. The maximum absolute atomic E-state index is 12.7. The van der Waals surface area contributed by atoms with Crippen LogP contribution in [0.15, 0.2) is 30.3 Å². The molecule has 1 unspecified atom stereocenters. The zero-order valence-corrected chi connectivity index (χ0v) is 14.4. The van der Waals surface area contributed by atoms with Gasteiger partial charge in [0.25, 0.3) is 0 Å². The SMILES string of the molecule is CCc1cc(C#N)c([P+](=O)O)cc1Oc1ccc(C(F)(F)F)cc1Cl. The summed E-state index contributed by atoms with van der Waals surface area (Å²) in [4.78, 5) is 9.32. The van der Waals surface area contributed by atoms with Gasteiger partial charge in [0.1, 0.15) is 23.1 Å². The Labute approximate surface area is 147 Å². The molecule has 0 radical (unpaired) electrons. The highest BCUT2D eigenvalue weighted by atomic mass is 35.5. The summed E-state index contributed by atoms with van der Waals surface area (Å²) in [7, 11) is -2.79. The Morgan fingerprint density at radius 1 is 1.28 bits per heavy atom. The molecule has 0 fully saturated rings. The van der Waals surface area contributed by atoms with Gasteiger partial charge in [-0.2, -0.15) is 23.3 Å². The van der Waals surface area contributed by atoms with Gasteiger partial charge in [0, 0.05) is 6.07 Å². The summed E-state index contributed by atoms with van der Waals surface area (Å²) in [6, 6.07) is 7.09. The van der Waals surface area contributed by atoms with Gasteiger partial charge in [-0.15, -0.1) is 0 Å². The molecule has 0 saturated carbocycles. The number of aryl methyl sites for hydroxylation is 1. The van der Waals surface area contributed by atoms with Crippen LogP contribution in [0, 0.1) is 11.3 Å². The van der Waals surface area contributed by atoms with Crippen LogP contribution in [0.1, 0.15) is 23.6 Å². The summed E-state index contributed by atoms with van der Waals surface area (Å²) in [5, 5.41) is 8.69. The van der Waals surface area contributed by atoms with E-state index < -0.39 is 19.8 Å². The minimum atomic E-state index is -4.53. The Kier molecular flexibility index (Phi) is 5.69. The average Bonchev–Trinajstić information content (AvgIpc) is 2.55. The Morgan fingerprint density at radius 2 is 1.96 bits per heavy atom. The summed E-state index contributed by atoms with van der Waals surface area (Å²) >= 11 is 5.86. The van der Waals surface area contributed by atoms with Crippen LogP contribution < -0.4 is 10.0 Å². The third kappa shape index (κ3) is 4.29. The Bertz CT molecular complexity index is 878. The van der Waals surface area contributed by atoms with E-state index in [-0.39, 0.29) is 27.4 Å². The van der Waals surface area contributed by atoms with E-state index in [4.69, 9.17) is 21.6 Å². The van der Waals surface area contributed by atoms with E-state index >= 15 is 0 Å². The molecule has 0 spiro atoms. The molecule has 4 nitrogen and oxygen atoms in total. The fourth-order valence-electron chi connectivity index (χ4n) is 2.11. The minimum Gasteiger partial charge on any atom is -0.455 e. The highest BCUT2D eigenvalue weighted by Crippen LogP contribution is 2.37. The highest BCUT2D eigenvalue weighted by Gasteiger charge is 2.31. The number of rotatable bonds is 4. The first kappa shape index (κ1) is 19.2. The number of hydrogen-bond acceptors (Lipinski definition) is 3. The van der Waals surface area contributed by atoms with Crippen molar-refractivity contribution >= 4 is 24.9 Å². The van der Waals surface area contributed by atoms with Crippen LogP contribution in [0.5, 0.6) is 11.5 Å². The van der Waals surface area contributed by atoms with Crippen molar-refractivity contribution in [3.8, 4) is 17.6 Å². The van der Waals surface area contributed by atoms with Crippen LogP contribution in [0.3, 0.4) is 0 Å². The van der Waals surface area contributed by atoms with Crippen molar-refractivity contribution in [3.63, 3.8) is 0 Å². The third-order valence-corrected chi connectivity index (χ3v) is 4.44. The van der Waals surface area contributed by atoms with E-state index in [9.17, 15) is 22.6 Å². The summed E-state index contributed by atoms with van der Waals surface area (Å²) in [6.45, 7) is 1.77. The van der Waals surface area contributed by atoms with Crippen LogP contribution in [0.4, 0.5) is 13.2 Å². The van der Waals surface area contributed by atoms with Crippen molar-refractivity contribution in [2.45, 2.75) is 19.5 Å². The number of halogens is 4. The summed E-state index contributed by atoms with van der Waals surface area (Å²) in [5.41, 5.74) is -0.334. The van der Waals surface area contributed by atoms with E-state index in [1.54, 1.807) is 6.92 Å². The Hall–Kier alpha value is -2.13. The second kappa shape index (κ2) is 7.40. The molecule has 2 aromatic carbocycles. The van der Waals surface area contributed by atoms with Gasteiger partial charge in [-0.3, -0.25) is 0 Å². The van der Waals surface area contributed by atoms with E-state index in [1.165, 1.54) is 12.1 Å². The number of ether oxygens (including phenoxy) is 1. The zero-order valence-electron chi connectivity index (χ0n) is 12.8. The number of nitriles is 1. The van der Waals surface area contributed by atoms with Gasteiger partial charge in [-0.05, 0) is 40.8 Å². The van der Waals surface area contributed by atoms with Gasteiger partial charge in [0.05, 0.1) is 10.6 Å². The van der Waals surface area contributed by atoms with Crippen molar-refractivity contribution in [3.05, 3.63) is 52.0 Å². The van der Waals surface area contributed by atoms with E-state index in [0.29, 0.717) is 12.0 Å². The molecule has 0 saturated heterocycles. The molecule has 1 N–H and O–H groups in total. The first-order chi connectivity index (χ1) is 11.7. The smallest absolute Gasteiger partial charge is 0.455 e. The van der Waals surface area contributed by atoms with Crippen LogP contribution in [0.25, 0.3) is 0 Å². The van der Waals surface area contributed by atoms with Crippen LogP contribution in [0.2, 0.25) is 5.02 Å². The molecule has 0 heterocycles. The maximum Gasteiger partial charge on any atom is 0.547 e. The highest BCUT2D eigenvalue weighted by molar-refractivity contribution is 7.47. The summed E-state index contributed by atoms with van der Waals surface area (Å²) in [5.74, 6) is 0.115. The molecule has 1 atom stereocenters. The number of nitrogens with zero attached hydrogens (tertiary/aromatic N) is 1. The lowest BCUT2D eigenvalue weighted by Gasteiger charge is -2.13. The molecule has 0 aliphatic carbocycles. The Morgan fingerprint density at radius 3 is 2.44 bits per heavy atom. The minimum absolute atomic E-state index is 0.0336. The fraction of sp³-hybridized carbons (Fsp3) is 0.188. The van der Waals surface area contributed by atoms with Crippen molar-refractivity contribution in [2.75, 3.05) is 0 Å². The standard InChI is InChI=1S/C16H10ClF3NO3P/c1-2-9-5-10(8-21)15(25(22)23)7-14(9)24-13-4-3-11(6-12(13)17)16(18,19)20/h3-7H,2H2,1H3/p+1. The van der Waals surface area contributed by atoms with Gasteiger partial charge in [0.2, 0.25) is 5.30 Å². The van der Waals surface area contributed by atoms with Gasteiger partial charge in [0.15, 0.2) is 0 Å². The van der Waals surface area contributed by atoms with Gasteiger partial charge < -0.3 is 4.74 Å². The summed E-state index contributed by atoms with van der Waals surface area (Å²) in [6.07, 6.45) is -4.10. The van der Waals surface area contributed by atoms with Gasteiger partial charge in [-0.1, -0.05) is 18.5 Å². The predicted molar refractivity (Wildman–Crippen MR) is 86.5 cm³/mol. The maximum atomic E-state index is 12.7. The quantitative estimate of drug-likeness (QED) is 0.753. The molecule has 0 bridgehead atoms. The van der Waals surface area contributed by atoms with E-state index in [0.717, 1.165) is 18.2 Å². The number of benzene rings is 2. The molecule has 0 aromatic heterocycles. The molecule has 25 heavy (non-hydrogen) atoms. The second-order valence-corrected chi connectivity index (χ2v) is 6.40. The molecule has 0 amide bonds. The van der Waals surface area contributed by atoms with Crippen LogP contribution in [-0.2, 0) is 17.2 Å². The van der Waals surface area contributed by atoms with Crippen molar-refractivity contribution in [1.82, 2.24) is 0 Å². The molecule has 0 aliphatic heterocycles. The monoisotopic (exact) mass is 388 g/mol. The normalized spacial score (nSPS) is 11.8. The van der Waals surface area contributed by atoms with Crippen molar-refractivity contribution < 1.29 is 27.4 Å². The first-order valence-electron chi connectivity index (χ1n) is 6.95. The third-order valence-electron chi connectivity index (χ3n) is 3.37. The lowest BCUT2D eigenvalue weighted by Crippen LogP contribution is -2.07.